The predicted octanol–water partition coefficient (Wildman–Crippen LogP) is -1.87. The maximum atomic E-state index is 11.7. The summed E-state index contributed by atoms with van der Waals surface area (Å²) in [6.45, 7) is 2.56. The van der Waals surface area contributed by atoms with Gasteiger partial charge in [-0.1, -0.05) is 0 Å². The first kappa shape index (κ1) is 25.0. The van der Waals surface area contributed by atoms with Gasteiger partial charge in [0.1, 0.15) is 54.1 Å². The van der Waals surface area contributed by atoms with Gasteiger partial charge in [0.15, 0.2) is 6.29 Å². The number of rotatable bonds is 5. The molecule has 12 heteroatoms. The summed E-state index contributed by atoms with van der Waals surface area (Å²) in [5, 5.41) is 61.8. The van der Waals surface area contributed by atoms with Crippen molar-refractivity contribution < 1.29 is 54.0 Å². The predicted molar refractivity (Wildman–Crippen MR) is 113 cm³/mol. The molecule has 6 N–H and O–H groups in total. The third-order valence-electron chi connectivity index (χ3n) is 6.10. The quantitative estimate of drug-likeness (QED) is 0.260. The van der Waals surface area contributed by atoms with Crippen LogP contribution in [0.15, 0.2) is 33.5 Å². The van der Waals surface area contributed by atoms with Gasteiger partial charge in [0.2, 0.25) is 6.29 Å². The van der Waals surface area contributed by atoms with Crippen molar-refractivity contribution in [1.29, 1.82) is 0 Å². The summed E-state index contributed by atoms with van der Waals surface area (Å²) in [6.07, 6.45) is -14.3. The molecule has 2 fully saturated rings. The van der Waals surface area contributed by atoms with Gasteiger partial charge < -0.3 is 54.0 Å². The van der Waals surface area contributed by atoms with Gasteiger partial charge in [0, 0.05) is 17.5 Å². The minimum Gasteiger partial charge on any atom is -0.462 e. The molecule has 0 aliphatic carbocycles. The SMILES string of the molecule is Cc1cc(=O)oc2cc(O[C@@H]3O[C@@H](CO)[C@H](O)[C@H](O[C@@H]4O[C@@H](C)[C@@H](O)[C@H](O)[C@H]4O)[C@@H]3O)ccc12. The summed E-state index contributed by atoms with van der Waals surface area (Å²) in [7, 11) is 0. The molecule has 2 aromatic rings. The van der Waals surface area contributed by atoms with Crippen molar-refractivity contribution in [1.82, 2.24) is 0 Å². The fourth-order valence-corrected chi connectivity index (χ4v) is 4.10. The third kappa shape index (κ3) is 4.69. The van der Waals surface area contributed by atoms with E-state index in [4.69, 9.17) is 23.4 Å². The van der Waals surface area contributed by atoms with Crippen LogP contribution in [0.5, 0.6) is 5.75 Å². The lowest BCUT2D eigenvalue weighted by molar-refractivity contribution is -0.349. The normalized spacial score (nSPS) is 38.7. The van der Waals surface area contributed by atoms with Crippen molar-refractivity contribution in [3.8, 4) is 5.75 Å². The largest absolute Gasteiger partial charge is 0.462 e. The van der Waals surface area contributed by atoms with Gasteiger partial charge in [-0.3, -0.25) is 0 Å². The van der Waals surface area contributed by atoms with Crippen LogP contribution in [-0.2, 0) is 14.2 Å². The number of aliphatic hydroxyl groups excluding tert-OH is 6. The van der Waals surface area contributed by atoms with Crippen LogP contribution in [-0.4, -0.2) is 98.7 Å². The van der Waals surface area contributed by atoms with E-state index in [0.717, 1.165) is 0 Å². The first-order chi connectivity index (χ1) is 16.1. The van der Waals surface area contributed by atoms with E-state index in [2.05, 4.69) is 0 Å². The van der Waals surface area contributed by atoms with E-state index >= 15 is 0 Å². The molecule has 2 saturated heterocycles. The Morgan fingerprint density at radius 2 is 1.65 bits per heavy atom. The van der Waals surface area contributed by atoms with Gasteiger partial charge in [-0.2, -0.15) is 0 Å². The Labute approximate surface area is 193 Å². The van der Waals surface area contributed by atoms with Crippen LogP contribution in [0.4, 0.5) is 0 Å². The molecule has 0 bridgehead atoms. The van der Waals surface area contributed by atoms with Crippen LogP contribution >= 0.6 is 0 Å². The molecule has 0 saturated carbocycles. The van der Waals surface area contributed by atoms with Gasteiger partial charge in [0.25, 0.3) is 0 Å². The molecule has 0 unspecified atom stereocenters. The maximum Gasteiger partial charge on any atom is 0.336 e. The van der Waals surface area contributed by atoms with E-state index in [9.17, 15) is 35.4 Å². The highest BCUT2D eigenvalue weighted by Crippen LogP contribution is 2.31. The summed E-state index contributed by atoms with van der Waals surface area (Å²) in [6, 6.07) is 6.01. The van der Waals surface area contributed by atoms with E-state index in [1.54, 1.807) is 19.1 Å². The Morgan fingerprint density at radius 1 is 0.912 bits per heavy atom. The van der Waals surface area contributed by atoms with E-state index < -0.39 is 73.6 Å². The molecular formula is C22H28O12. The van der Waals surface area contributed by atoms with Crippen molar-refractivity contribution in [3.05, 3.63) is 40.2 Å². The average Bonchev–Trinajstić information content (AvgIpc) is 2.79. The first-order valence-corrected chi connectivity index (χ1v) is 10.8. The zero-order valence-corrected chi connectivity index (χ0v) is 18.4. The van der Waals surface area contributed by atoms with Crippen LogP contribution in [0.1, 0.15) is 12.5 Å². The molecule has 0 radical (unpaired) electrons. The zero-order valence-electron chi connectivity index (χ0n) is 18.4. The highest BCUT2D eigenvalue weighted by atomic mass is 16.7. The lowest BCUT2D eigenvalue weighted by Crippen LogP contribution is -2.64. The van der Waals surface area contributed by atoms with Crippen molar-refractivity contribution in [2.24, 2.45) is 0 Å². The van der Waals surface area contributed by atoms with Crippen LogP contribution in [0.2, 0.25) is 0 Å². The summed E-state index contributed by atoms with van der Waals surface area (Å²) < 4.78 is 27.4. The average molecular weight is 484 g/mol. The number of aryl methyl sites for hydroxylation is 1. The summed E-state index contributed by atoms with van der Waals surface area (Å²) in [5.74, 6) is 0.165. The second-order valence-corrected chi connectivity index (χ2v) is 8.51. The Kier molecular flexibility index (Phi) is 7.24. The lowest BCUT2D eigenvalue weighted by Gasteiger charge is -2.45. The maximum absolute atomic E-state index is 11.7. The fraction of sp³-hybridized carbons (Fsp3) is 0.591. The molecule has 0 spiro atoms. The molecule has 0 amide bonds. The van der Waals surface area contributed by atoms with E-state index in [0.29, 0.717) is 10.9 Å². The van der Waals surface area contributed by atoms with Gasteiger partial charge in [-0.25, -0.2) is 4.79 Å². The highest BCUT2D eigenvalue weighted by molar-refractivity contribution is 5.81. The zero-order chi connectivity index (χ0) is 24.7. The number of fused-ring (bicyclic) bond motifs is 1. The molecule has 34 heavy (non-hydrogen) atoms. The van der Waals surface area contributed by atoms with Crippen LogP contribution in [0, 0.1) is 6.92 Å². The van der Waals surface area contributed by atoms with E-state index in [1.165, 1.54) is 19.1 Å². The van der Waals surface area contributed by atoms with Gasteiger partial charge in [-0.15, -0.1) is 0 Å². The van der Waals surface area contributed by atoms with Crippen LogP contribution in [0.3, 0.4) is 0 Å². The number of benzene rings is 1. The minimum absolute atomic E-state index is 0.165. The molecule has 188 valence electrons. The summed E-state index contributed by atoms with van der Waals surface area (Å²) in [4.78, 5) is 11.7. The Morgan fingerprint density at radius 3 is 2.35 bits per heavy atom. The highest BCUT2D eigenvalue weighted by Gasteiger charge is 2.50. The van der Waals surface area contributed by atoms with Crippen molar-refractivity contribution in [2.45, 2.75) is 75.3 Å². The number of hydrogen-bond donors (Lipinski definition) is 6. The summed E-state index contributed by atoms with van der Waals surface area (Å²) in [5.41, 5.74) is 0.413. The van der Waals surface area contributed by atoms with Crippen LogP contribution in [0.25, 0.3) is 11.0 Å². The molecule has 3 heterocycles. The van der Waals surface area contributed by atoms with Gasteiger partial charge in [-0.05, 0) is 31.5 Å². The molecule has 12 nitrogen and oxygen atoms in total. The van der Waals surface area contributed by atoms with Crippen LogP contribution < -0.4 is 10.4 Å². The monoisotopic (exact) mass is 484 g/mol. The lowest BCUT2D eigenvalue weighted by atomic mass is 9.97. The van der Waals surface area contributed by atoms with Crippen molar-refractivity contribution in [3.63, 3.8) is 0 Å². The van der Waals surface area contributed by atoms with E-state index in [-0.39, 0.29) is 11.3 Å². The fourth-order valence-electron chi connectivity index (χ4n) is 4.10. The number of hydrogen-bond acceptors (Lipinski definition) is 12. The Balaban J connectivity index is 1.56. The Bertz CT molecular complexity index is 1060. The number of aliphatic hydroxyl groups is 6. The molecule has 2 aliphatic rings. The molecule has 2 aliphatic heterocycles. The van der Waals surface area contributed by atoms with Gasteiger partial charge in [0.05, 0.1) is 12.7 Å². The summed E-state index contributed by atoms with van der Waals surface area (Å²) >= 11 is 0. The van der Waals surface area contributed by atoms with Gasteiger partial charge >= 0.3 is 5.63 Å². The minimum atomic E-state index is -1.67. The molecule has 1 aromatic carbocycles. The molecular weight excluding hydrogens is 456 g/mol. The van der Waals surface area contributed by atoms with E-state index in [1.807, 2.05) is 0 Å². The van der Waals surface area contributed by atoms with Crippen molar-refractivity contribution in [2.75, 3.05) is 6.61 Å². The topological polar surface area (TPSA) is 189 Å². The smallest absolute Gasteiger partial charge is 0.336 e. The number of ether oxygens (including phenoxy) is 4. The Hall–Kier alpha value is -2.13. The second-order valence-electron chi connectivity index (χ2n) is 8.51. The molecule has 4 rings (SSSR count). The van der Waals surface area contributed by atoms with Crippen molar-refractivity contribution >= 4 is 11.0 Å². The molecule has 10 atom stereocenters. The first-order valence-electron chi connectivity index (χ1n) is 10.8. The standard InChI is InChI=1S/C22H28O12/c1-8-5-14(24)32-12-6-10(3-4-11(8)12)31-22-19(29)20(16(26)13(7-23)33-22)34-21-18(28)17(27)15(25)9(2)30-21/h3-6,9,13,15-23,25-29H,7H2,1-2H3/t9-,13-,15+,16-,17-,18+,19-,20-,21-,22+/m0/s1. The molecule has 1 aromatic heterocycles. The third-order valence-corrected chi connectivity index (χ3v) is 6.10. The second kappa shape index (κ2) is 9.85.